The predicted molar refractivity (Wildman–Crippen MR) is 79.5 cm³/mol. The third kappa shape index (κ3) is 2.56. The van der Waals surface area contributed by atoms with Crippen LogP contribution >= 0.6 is 11.6 Å². The number of halogens is 1. The average molecular weight is 287 g/mol. The summed E-state index contributed by atoms with van der Waals surface area (Å²) in [5.41, 5.74) is 2.80. The van der Waals surface area contributed by atoms with Gasteiger partial charge in [-0.15, -0.1) is 0 Å². The zero-order chi connectivity index (χ0) is 13.9. The van der Waals surface area contributed by atoms with Crippen molar-refractivity contribution in [1.29, 1.82) is 0 Å². The van der Waals surface area contributed by atoms with Crippen molar-refractivity contribution < 1.29 is 9.53 Å². The molecule has 2 nitrogen and oxygen atoms in total. The normalized spacial score (nSPS) is 13.9. The zero-order valence-corrected chi connectivity index (χ0v) is 11.8. The van der Waals surface area contributed by atoms with Gasteiger partial charge >= 0.3 is 0 Å². The topological polar surface area (TPSA) is 26.3 Å². The van der Waals surface area contributed by atoms with Gasteiger partial charge in [0.15, 0.2) is 5.78 Å². The van der Waals surface area contributed by atoms with Crippen molar-refractivity contribution in [3.8, 4) is 5.75 Å². The third-order valence-corrected chi connectivity index (χ3v) is 3.97. The number of ketones is 1. The van der Waals surface area contributed by atoms with E-state index in [0.717, 1.165) is 35.3 Å². The van der Waals surface area contributed by atoms with Crippen molar-refractivity contribution in [1.82, 2.24) is 0 Å². The monoisotopic (exact) mass is 286 g/mol. The van der Waals surface area contributed by atoms with Crippen molar-refractivity contribution in [3.63, 3.8) is 0 Å². The molecule has 2 aromatic carbocycles. The van der Waals surface area contributed by atoms with Gasteiger partial charge in [-0.2, -0.15) is 0 Å². The van der Waals surface area contributed by atoms with Crippen LogP contribution in [0.5, 0.6) is 5.75 Å². The molecule has 0 atom stereocenters. The first-order valence-corrected chi connectivity index (χ1v) is 7.15. The zero-order valence-electron chi connectivity index (χ0n) is 11.1. The fourth-order valence-corrected chi connectivity index (χ4v) is 2.74. The fourth-order valence-electron chi connectivity index (χ4n) is 2.55. The largest absolute Gasteiger partial charge is 0.489 e. The van der Waals surface area contributed by atoms with Crippen LogP contribution in [0.4, 0.5) is 0 Å². The summed E-state index contributed by atoms with van der Waals surface area (Å²) in [6.07, 6.45) is 2.44. The van der Waals surface area contributed by atoms with E-state index in [9.17, 15) is 4.79 Å². The minimum absolute atomic E-state index is 0.217. The van der Waals surface area contributed by atoms with Gasteiger partial charge in [-0.05, 0) is 25.0 Å². The molecule has 0 saturated heterocycles. The molecule has 1 aliphatic rings. The van der Waals surface area contributed by atoms with E-state index in [1.807, 2.05) is 42.5 Å². The predicted octanol–water partition coefficient (Wildman–Crippen LogP) is 4.44. The van der Waals surface area contributed by atoms with Crippen molar-refractivity contribution in [2.45, 2.75) is 25.9 Å². The smallest absolute Gasteiger partial charge is 0.163 e. The number of ether oxygens (including phenoxy) is 1. The fraction of sp³-hybridized carbons (Fsp3) is 0.235. The van der Waals surface area contributed by atoms with E-state index in [2.05, 4.69) is 0 Å². The van der Waals surface area contributed by atoms with E-state index >= 15 is 0 Å². The summed E-state index contributed by atoms with van der Waals surface area (Å²) in [4.78, 5) is 11.9. The molecule has 3 rings (SSSR count). The molecule has 0 aliphatic heterocycles. The summed E-state index contributed by atoms with van der Waals surface area (Å²) in [5, 5.41) is 0.702. The maximum absolute atomic E-state index is 11.9. The number of carbonyl (C=O) groups excluding carboxylic acids is 1. The van der Waals surface area contributed by atoms with Crippen LogP contribution in [0.15, 0.2) is 42.5 Å². The van der Waals surface area contributed by atoms with E-state index in [1.165, 1.54) is 0 Å². The first kappa shape index (κ1) is 13.2. The molecule has 0 amide bonds. The molecule has 1 aliphatic carbocycles. The Bertz CT molecular complexity index is 649. The van der Waals surface area contributed by atoms with Gasteiger partial charge in [0.25, 0.3) is 0 Å². The van der Waals surface area contributed by atoms with E-state index in [4.69, 9.17) is 16.3 Å². The van der Waals surface area contributed by atoms with Crippen molar-refractivity contribution in [2.75, 3.05) is 0 Å². The summed E-state index contributed by atoms with van der Waals surface area (Å²) in [6, 6.07) is 13.3. The molecule has 0 unspecified atom stereocenters. The summed E-state index contributed by atoms with van der Waals surface area (Å²) in [6.45, 7) is 0.421. The van der Waals surface area contributed by atoms with Gasteiger partial charge in [0.1, 0.15) is 12.4 Å². The molecule has 0 spiro atoms. The third-order valence-electron chi connectivity index (χ3n) is 3.61. The highest BCUT2D eigenvalue weighted by molar-refractivity contribution is 6.31. The van der Waals surface area contributed by atoms with Gasteiger partial charge in [0.05, 0.1) is 0 Å². The first-order chi connectivity index (χ1) is 9.75. The Morgan fingerprint density at radius 3 is 2.75 bits per heavy atom. The highest BCUT2D eigenvalue weighted by Crippen LogP contribution is 2.30. The van der Waals surface area contributed by atoms with Crippen LogP contribution in [0, 0.1) is 0 Å². The van der Waals surface area contributed by atoms with Crippen LogP contribution in [0.1, 0.15) is 34.3 Å². The van der Waals surface area contributed by atoms with E-state index in [0.29, 0.717) is 18.1 Å². The van der Waals surface area contributed by atoms with Crippen LogP contribution < -0.4 is 4.74 Å². The molecular formula is C17H15ClO2. The number of rotatable bonds is 3. The average Bonchev–Trinajstić information content (AvgIpc) is 2.47. The molecule has 0 N–H and O–H groups in total. The molecule has 0 fully saturated rings. The maximum Gasteiger partial charge on any atom is 0.163 e. The molecule has 20 heavy (non-hydrogen) atoms. The minimum atomic E-state index is 0.217. The Morgan fingerprint density at radius 1 is 1.05 bits per heavy atom. The summed E-state index contributed by atoms with van der Waals surface area (Å²) < 4.78 is 5.88. The highest BCUT2D eigenvalue weighted by Gasteiger charge is 2.20. The Kier molecular flexibility index (Phi) is 3.75. The Balaban J connectivity index is 1.84. The number of fused-ring (bicyclic) bond motifs is 1. The molecular weight excluding hydrogens is 272 g/mol. The number of hydrogen-bond donors (Lipinski definition) is 0. The standard InChI is InChI=1S/C17H15ClO2/c18-15-8-2-1-5-12(15)11-20-17-10-4-6-13-14(17)7-3-9-16(13)19/h1-2,4-6,8,10H,3,7,9,11H2. The Morgan fingerprint density at radius 2 is 1.90 bits per heavy atom. The molecule has 102 valence electrons. The number of benzene rings is 2. The van der Waals surface area contributed by atoms with Crippen molar-refractivity contribution in [2.24, 2.45) is 0 Å². The molecule has 0 aromatic heterocycles. The van der Waals surface area contributed by atoms with E-state index in [1.54, 1.807) is 0 Å². The second-order valence-electron chi connectivity index (χ2n) is 4.94. The van der Waals surface area contributed by atoms with Gasteiger partial charge in [-0.1, -0.05) is 41.9 Å². The quantitative estimate of drug-likeness (QED) is 0.834. The molecule has 0 radical (unpaired) electrons. The number of hydrogen-bond acceptors (Lipinski definition) is 2. The summed E-state index contributed by atoms with van der Waals surface area (Å²) >= 11 is 6.12. The van der Waals surface area contributed by atoms with Crippen LogP contribution in [-0.4, -0.2) is 5.78 Å². The SMILES string of the molecule is O=C1CCCc2c(OCc3ccccc3Cl)cccc21. The molecule has 0 saturated carbocycles. The van der Waals surface area contributed by atoms with Crippen LogP contribution in [0.3, 0.4) is 0 Å². The first-order valence-electron chi connectivity index (χ1n) is 6.77. The van der Waals surface area contributed by atoms with Crippen LogP contribution in [-0.2, 0) is 13.0 Å². The van der Waals surface area contributed by atoms with Crippen LogP contribution in [0.2, 0.25) is 5.02 Å². The van der Waals surface area contributed by atoms with Gasteiger partial charge in [-0.25, -0.2) is 0 Å². The lowest BCUT2D eigenvalue weighted by atomic mass is 9.90. The van der Waals surface area contributed by atoms with Gasteiger partial charge in [0.2, 0.25) is 0 Å². The lowest BCUT2D eigenvalue weighted by Gasteiger charge is -2.18. The Hall–Kier alpha value is -1.80. The lowest BCUT2D eigenvalue weighted by Crippen LogP contribution is -2.12. The van der Waals surface area contributed by atoms with Gasteiger partial charge < -0.3 is 4.74 Å². The van der Waals surface area contributed by atoms with E-state index in [-0.39, 0.29) is 5.78 Å². The Labute approximate surface area is 123 Å². The number of carbonyl (C=O) groups is 1. The minimum Gasteiger partial charge on any atom is -0.489 e. The van der Waals surface area contributed by atoms with Crippen molar-refractivity contribution in [3.05, 3.63) is 64.2 Å². The van der Waals surface area contributed by atoms with Crippen LogP contribution in [0.25, 0.3) is 0 Å². The highest BCUT2D eigenvalue weighted by atomic mass is 35.5. The summed E-state index contributed by atoms with van der Waals surface area (Å²) in [5.74, 6) is 1.02. The molecule has 0 bridgehead atoms. The van der Waals surface area contributed by atoms with E-state index < -0.39 is 0 Å². The maximum atomic E-state index is 11.9. The second-order valence-corrected chi connectivity index (χ2v) is 5.35. The number of Topliss-reactive ketones (excluding diaryl/α,β-unsaturated/α-hetero) is 1. The molecule has 2 aromatic rings. The summed E-state index contributed by atoms with van der Waals surface area (Å²) in [7, 11) is 0. The second kappa shape index (κ2) is 5.68. The van der Waals surface area contributed by atoms with Crippen molar-refractivity contribution >= 4 is 17.4 Å². The van der Waals surface area contributed by atoms with Gasteiger partial charge in [-0.3, -0.25) is 4.79 Å². The molecule has 0 heterocycles. The lowest BCUT2D eigenvalue weighted by molar-refractivity contribution is 0.0971. The van der Waals surface area contributed by atoms with Gasteiger partial charge in [0, 0.05) is 28.1 Å². The molecule has 3 heteroatoms.